The van der Waals surface area contributed by atoms with Crippen LogP contribution in [0.15, 0.2) is 18.3 Å². The fraction of sp³-hybridized carbons (Fsp3) is 0.455. The number of carbonyl (C=O) groups is 1. The second kappa shape index (κ2) is 3.75. The van der Waals surface area contributed by atoms with Crippen molar-refractivity contribution in [1.82, 2.24) is 9.88 Å². The van der Waals surface area contributed by atoms with Crippen molar-refractivity contribution >= 4 is 11.6 Å². The molecule has 1 amide bonds. The summed E-state index contributed by atoms with van der Waals surface area (Å²) in [6.45, 7) is 0.390. The summed E-state index contributed by atoms with van der Waals surface area (Å²) in [6, 6.07) is 3.52. The van der Waals surface area contributed by atoms with E-state index >= 15 is 0 Å². The van der Waals surface area contributed by atoms with Gasteiger partial charge in [-0.1, -0.05) is 0 Å². The summed E-state index contributed by atoms with van der Waals surface area (Å²) < 4.78 is 0. The fourth-order valence-corrected chi connectivity index (χ4v) is 1.53. The van der Waals surface area contributed by atoms with Crippen LogP contribution >= 0.6 is 0 Å². The number of rotatable bonds is 3. The number of pyridine rings is 1. The number of nitrogens with zero attached hydrogens (tertiary/aromatic N) is 2. The molecule has 0 atom stereocenters. The van der Waals surface area contributed by atoms with Crippen molar-refractivity contribution in [3.05, 3.63) is 24.0 Å². The van der Waals surface area contributed by atoms with Gasteiger partial charge in [-0.3, -0.25) is 9.78 Å². The molecule has 1 fully saturated rings. The third kappa shape index (κ3) is 2.14. The Morgan fingerprint density at radius 2 is 2.31 bits per heavy atom. The molecule has 86 valence electrons. The molecule has 0 bridgehead atoms. The van der Waals surface area contributed by atoms with Gasteiger partial charge < -0.3 is 15.7 Å². The average molecular weight is 221 g/mol. The summed E-state index contributed by atoms with van der Waals surface area (Å²) >= 11 is 0. The molecule has 5 nitrogen and oxygen atoms in total. The molecule has 1 heterocycles. The number of aromatic nitrogens is 1. The van der Waals surface area contributed by atoms with Gasteiger partial charge in [-0.05, 0) is 25.0 Å². The zero-order valence-electron chi connectivity index (χ0n) is 9.18. The standard InChI is InChI=1S/C11H15N3O2/c1-14(10(15)11(16)4-5-11)7-9-3-2-8(12)6-13-9/h2-3,6,16H,4-5,7,12H2,1H3. The number of hydrogen-bond donors (Lipinski definition) is 2. The molecule has 1 aromatic heterocycles. The van der Waals surface area contributed by atoms with Crippen molar-refractivity contribution in [2.75, 3.05) is 12.8 Å². The number of anilines is 1. The van der Waals surface area contributed by atoms with Crippen LogP contribution in [0, 0.1) is 0 Å². The normalized spacial score (nSPS) is 16.9. The zero-order chi connectivity index (χ0) is 11.8. The molecule has 0 aromatic carbocycles. The number of likely N-dealkylation sites (N-methyl/N-ethyl adjacent to an activating group) is 1. The fourth-order valence-electron chi connectivity index (χ4n) is 1.53. The van der Waals surface area contributed by atoms with Gasteiger partial charge in [0, 0.05) is 7.05 Å². The van der Waals surface area contributed by atoms with Crippen molar-refractivity contribution in [3.63, 3.8) is 0 Å². The molecule has 2 rings (SSSR count). The van der Waals surface area contributed by atoms with E-state index in [-0.39, 0.29) is 5.91 Å². The number of amides is 1. The lowest BCUT2D eigenvalue weighted by Gasteiger charge is -2.19. The van der Waals surface area contributed by atoms with Crippen molar-refractivity contribution in [2.45, 2.75) is 25.0 Å². The largest absolute Gasteiger partial charge is 0.397 e. The summed E-state index contributed by atoms with van der Waals surface area (Å²) in [7, 11) is 1.66. The minimum absolute atomic E-state index is 0.230. The van der Waals surface area contributed by atoms with Gasteiger partial charge in [0.2, 0.25) is 0 Å². The first-order valence-electron chi connectivity index (χ1n) is 5.20. The van der Waals surface area contributed by atoms with Crippen LogP contribution in [0.2, 0.25) is 0 Å². The van der Waals surface area contributed by atoms with Crippen molar-refractivity contribution in [2.24, 2.45) is 0 Å². The van der Waals surface area contributed by atoms with Gasteiger partial charge in [0.05, 0.1) is 24.1 Å². The third-order valence-corrected chi connectivity index (χ3v) is 2.72. The molecular weight excluding hydrogens is 206 g/mol. The molecule has 5 heteroatoms. The van der Waals surface area contributed by atoms with Gasteiger partial charge in [-0.2, -0.15) is 0 Å². The smallest absolute Gasteiger partial charge is 0.254 e. The van der Waals surface area contributed by atoms with Crippen molar-refractivity contribution in [1.29, 1.82) is 0 Å². The van der Waals surface area contributed by atoms with Crippen LogP contribution in [0.5, 0.6) is 0 Å². The first-order valence-corrected chi connectivity index (χ1v) is 5.20. The molecule has 0 unspecified atom stereocenters. The van der Waals surface area contributed by atoms with E-state index in [2.05, 4.69) is 4.98 Å². The monoisotopic (exact) mass is 221 g/mol. The second-order valence-electron chi connectivity index (χ2n) is 4.28. The van der Waals surface area contributed by atoms with E-state index in [1.165, 1.54) is 4.90 Å². The molecule has 0 spiro atoms. The Labute approximate surface area is 93.9 Å². The van der Waals surface area contributed by atoms with Gasteiger partial charge >= 0.3 is 0 Å². The summed E-state index contributed by atoms with van der Waals surface area (Å²) in [6.07, 6.45) is 2.68. The molecule has 3 N–H and O–H groups in total. The Morgan fingerprint density at radius 1 is 1.62 bits per heavy atom. The maximum absolute atomic E-state index is 11.7. The van der Waals surface area contributed by atoms with Gasteiger partial charge in [-0.15, -0.1) is 0 Å². The van der Waals surface area contributed by atoms with Crippen LogP contribution in [0.1, 0.15) is 18.5 Å². The maximum atomic E-state index is 11.7. The van der Waals surface area contributed by atoms with E-state index < -0.39 is 5.60 Å². The van der Waals surface area contributed by atoms with Crippen LogP contribution in [-0.2, 0) is 11.3 Å². The summed E-state index contributed by atoms with van der Waals surface area (Å²) in [5, 5.41) is 9.66. The van der Waals surface area contributed by atoms with Crippen molar-refractivity contribution in [3.8, 4) is 0 Å². The van der Waals surface area contributed by atoms with Gasteiger partial charge in [0.15, 0.2) is 0 Å². The minimum atomic E-state index is -1.11. The first kappa shape index (κ1) is 10.9. The minimum Gasteiger partial charge on any atom is -0.397 e. The molecule has 0 saturated heterocycles. The highest BCUT2D eigenvalue weighted by molar-refractivity contribution is 5.87. The Kier molecular flexibility index (Phi) is 2.55. The van der Waals surface area contributed by atoms with Crippen LogP contribution < -0.4 is 5.73 Å². The molecule has 1 aliphatic rings. The van der Waals surface area contributed by atoms with E-state index in [4.69, 9.17) is 5.73 Å². The number of aliphatic hydroxyl groups is 1. The molecule has 1 aromatic rings. The SMILES string of the molecule is CN(Cc1ccc(N)cn1)C(=O)C1(O)CC1. The lowest BCUT2D eigenvalue weighted by Crippen LogP contribution is -2.37. The van der Waals surface area contributed by atoms with E-state index in [9.17, 15) is 9.90 Å². The summed E-state index contributed by atoms with van der Waals surface area (Å²) in [5.41, 5.74) is 5.76. The highest BCUT2D eigenvalue weighted by Gasteiger charge is 2.49. The third-order valence-electron chi connectivity index (χ3n) is 2.72. The first-order chi connectivity index (χ1) is 7.51. The maximum Gasteiger partial charge on any atom is 0.254 e. The van der Waals surface area contributed by atoms with E-state index in [0.29, 0.717) is 25.1 Å². The van der Waals surface area contributed by atoms with Crippen LogP contribution in [0.25, 0.3) is 0 Å². The topological polar surface area (TPSA) is 79.5 Å². The molecular formula is C11H15N3O2. The Hall–Kier alpha value is -1.62. The van der Waals surface area contributed by atoms with E-state index in [0.717, 1.165) is 5.69 Å². The number of nitrogen functional groups attached to an aromatic ring is 1. The molecule has 0 aliphatic heterocycles. The predicted octanol–water partition coefficient (Wildman–Crippen LogP) is 0.147. The number of hydrogen-bond acceptors (Lipinski definition) is 4. The summed E-state index contributed by atoms with van der Waals surface area (Å²) in [4.78, 5) is 17.3. The zero-order valence-corrected chi connectivity index (χ0v) is 9.18. The molecule has 1 saturated carbocycles. The summed E-state index contributed by atoms with van der Waals surface area (Å²) in [5.74, 6) is -0.230. The predicted molar refractivity (Wildman–Crippen MR) is 59.3 cm³/mol. The highest BCUT2D eigenvalue weighted by Crippen LogP contribution is 2.36. The highest BCUT2D eigenvalue weighted by atomic mass is 16.3. The molecule has 1 aliphatic carbocycles. The second-order valence-corrected chi connectivity index (χ2v) is 4.28. The molecule has 16 heavy (non-hydrogen) atoms. The Balaban J connectivity index is 1.99. The van der Waals surface area contributed by atoms with Gasteiger partial charge in [0.1, 0.15) is 5.60 Å². The van der Waals surface area contributed by atoms with Gasteiger partial charge in [-0.25, -0.2) is 0 Å². The van der Waals surface area contributed by atoms with E-state index in [1.54, 1.807) is 25.4 Å². The van der Waals surface area contributed by atoms with Gasteiger partial charge in [0.25, 0.3) is 5.91 Å². The van der Waals surface area contributed by atoms with Crippen LogP contribution in [0.4, 0.5) is 5.69 Å². The number of carbonyl (C=O) groups excluding carboxylic acids is 1. The Morgan fingerprint density at radius 3 is 2.81 bits per heavy atom. The van der Waals surface area contributed by atoms with Crippen LogP contribution in [-0.4, -0.2) is 33.5 Å². The molecule has 0 radical (unpaired) electrons. The average Bonchev–Trinajstić information content (AvgIpc) is 3.00. The van der Waals surface area contributed by atoms with Crippen molar-refractivity contribution < 1.29 is 9.90 Å². The number of nitrogens with two attached hydrogens (primary N) is 1. The Bertz CT molecular complexity index is 398. The van der Waals surface area contributed by atoms with E-state index in [1.807, 2.05) is 0 Å². The lowest BCUT2D eigenvalue weighted by molar-refractivity contribution is -0.141. The van der Waals surface area contributed by atoms with Crippen LogP contribution in [0.3, 0.4) is 0 Å². The lowest BCUT2D eigenvalue weighted by atomic mass is 10.2. The quantitative estimate of drug-likeness (QED) is 0.761.